The van der Waals surface area contributed by atoms with Crippen molar-refractivity contribution in [2.75, 3.05) is 0 Å². The summed E-state index contributed by atoms with van der Waals surface area (Å²) in [7, 11) is 1.74. The maximum absolute atomic E-state index is 12.2. The van der Waals surface area contributed by atoms with Crippen LogP contribution >= 0.6 is 0 Å². The van der Waals surface area contributed by atoms with E-state index >= 15 is 0 Å². The minimum Gasteiger partial charge on any atom is -0.406 e. The van der Waals surface area contributed by atoms with E-state index in [0.29, 0.717) is 11.1 Å². The first-order valence-electron chi connectivity index (χ1n) is 5.20. The maximum Gasteiger partial charge on any atom is 0.573 e. The average Bonchev–Trinajstić information content (AvgIpc) is 2.61. The zero-order valence-corrected chi connectivity index (χ0v) is 9.82. The Hall–Kier alpha value is -1.98. The van der Waals surface area contributed by atoms with Gasteiger partial charge in [-0.15, -0.1) is 13.2 Å². The number of hydrogen-bond acceptors (Lipinski definition) is 2. The Morgan fingerprint density at radius 3 is 2.44 bits per heavy atom. The highest BCUT2D eigenvalue weighted by molar-refractivity contribution is 5.64. The summed E-state index contributed by atoms with van der Waals surface area (Å²) in [6.07, 6.45) is -1.36. The number of aromatic nitrogens is 2. The number of ether oxygens (including phenoxy) is 1. The fourth-order valence-electron chi connectivity index (χ4n) is 1.68. The number of benzene rings is 1. The summed E-state index contributed by atoms with van der Waals surface area (Å²) in [5, 5.41) is 3.98. The Labute approximate surface area is 102 Å². The van der Waals surface area contributed by atoms with Gasteiger partial charge in [-0.1, -0.05) is 6.07 Å². The molecule has 0 aliphatic rings. The molecule has 0 unspecified atom stereocenters. The summed E-state index contributed by atoms with van der Waals surface area (Å²) in [4.78, 5) is 0. The fraction of sp³-hybridized carbons (Fsp3) is 0.250. The third-order valence-electron chi connectivity index (χ3n) is 2.32. The van der Waals surface area contributed by atoms with E-state index in [2.05, 4.69) is 9.84 Å². The predicted molar refractivity (Wildman–Crippen MR) is 60.1 cm³/mol. The fourth-order valence-corrected chi connectivity index (χ4v) is 1.68. The van der Waals surface area contributed by atoms with Crippen LogP contribution in [0, 0.1) is 6.92 Å². The van der Waals surface area contributed by atoms with Gasteiger partial charge in [-0.3, -0.25) is 4.68 Å². The van der Waals surface area contributed by atoms with Crippen molar-refractivity contribution in [2.24, 2.45) is 7.05 Å². The second kappa shape index (κ2) is 4.36. The molecule has 1 aromatic heterocycles. The lowest BCUT2D eigenvalue weighted by Gasteiger charge is -2.10. The van der Waals surface area contributed by atoms with E-state index in [1.54, 1.807) is 37.1 Å². The first-order chi connectivity index (χ1) is 8.33. The Morgan fingerprint density at radius 2 is 1.89 bits per heavy atom. The van der Waals surface area contributed by atoms with Crippen LogP contribution in [0.3, 0.4) is 0 Å². The molecule has 0 atom stereocenters. The average molecular weight is 256 g/mol. The van der Waals surface area contributed by atoms with E-state index in [1.165, 1.54) is 12.1 Å². The summed E-state index contributed by atoms with van der Waals surface area (Å²) in [6.45, 7) is 1.71. The van der Waals surface area contributed by atoms with Crippen LogP contribution in [0.25, 0.3) is 11.1 Å². The molecule has 0 spiro atoms. The van der Waals surface area contributed by atoms with E-state index in [1.807, 2.05) is 0 Å². The van der Waals surface area contributed by atoms with Gasteiger partial charge in [0.05, 0.1) is 6.20 Å². The smallest absolute Gasteiger partial charge is 0.406 e. The lowest BCUT2D eigenvalue weighted by atomic mass is 10.1. The summed E-state index contributed by atoms with van der Waals surface area (Å²) in [5.74, 6) is -0.221. The molecule has 6 heteroatoms. The molecule has 0 fully saturated rings. The van der Waals surface area contributed by atoms with Crippen molar-refractivity contribution in [1.29, 1.82) is 0 Å². The molecule has 0 aliphatic heterocycles. The van der Waals surface area contributed by atoms with Crippen molar-refractivity contribution in [3.63, 3.8) is 0 Å². The van der Waals surface area contributed by atoms with Gasteiger partial charge >= 0.3 is 6.36 Å². The summed E-state index contributed by atoms with van der Waals surface area (Å²) in [6, 6.07) is 4.46. The number of aryl methyl sites for hydroxylation is 2. The van der Waals surface area contributed by atoms with Gasteiger partial charge in [-0.25, -0.2) is 0 Å². The van der Waals surface area contributed by atoms with Gasteiger partial charge in [0, 0.05) is 18.8 Å². The molecular formula is C12H11F3N2O. The van der Waals surface area contributed by atoms with Gasteiger partial charge in [0.15, 0.2) is 0 Å². The van der Waals surface area contributed by atoms with Gasteiger partial charge in [-0.2, -0.15) is 5.10 Å². The van der Waals surface area contributed by atoms with Crippen molar-refractivity contribution < 1.29 is 17.9 Å². The number of nitrogens with zero attached hydrogens (tertiary/aromatic N) is 2. The van der Waals surface area contributed by atoms with E-state index in [9.17, 15) is 13.2 Å². The van der Waals surface area contributed by atoms with Crippen LogP contribution < -0.4 is 4.74 Å². The third-order valence-corrected chi connectivity index (χ3v) is 2.32. The first-order valence-corrected chi connectivity index (χ1v) is 5.20. The predicted octanol–water partition coefficient (Wildman–Crippen LogP) is 3.29. The monoisotopic (exact) mass is 256 g/mol. The van der Waals surface area contributed by atoms with Crippen molar-refractivity contribution in [3.8, 4) is 16.9 Å². The summed E-state index contributed by atoms with van der Waals surface area (Å²) >= 11 is 0. The summed E-state index contributed by atoms with van der Waals surface area (Å²) < 4.78 is 42.0. The van der Waals surface area contributed by atoms with Crippen molar-refractivity contribution in [1.82, 2.24) is 9.78 Å². The second-order valence-corrected chi connectivity index (χ2v) is 3.99. The van der Waals surface area contributed by atoms with Crippen molar-refractivity contribution >= 4 is 0 Å². The van der Waals surface area contributed by atoms with E-state index in [-0.39, 0.29) is 5.75 Å². The zero-order chi connectivity index (χ0) is 13.3. The zero-order valence-electron chi connectivity index (χ0n) is 9.82. The molecule has 1 aromatic carbocycles. The molecule has 0 radical (unpaired) electrons. The topological polar surface area (TPSA) is 27.1 Å². The van der Waals surface area contributed by atoms with Gasteiger partial charge in [-0.05, 0) is 30.2 Å². The number of halogens is 3. The molecule has 0 bridgehead atoms. The first kappa shape index (κ1) is 12.5. The van der Waals surface area contributed by atoms with Crippen LogP contribution in [-0.2, 0) is 7.05 Å². The van der Waals surface area contributed by atoms with Gasteiger partial charge in [0.1, 0.15) is 5.75 Å². The number of alkyl halides is 3. The molecule has 0 N–H and O–H groups in total. The highest BCUT2D eigenvalue weighted by Crippen LogP contribution is 2.29. The Kier molecular flexibility index (Phi) is 3.02. The molecule has 2 aromatic rings. The molecular weight excluding hydrogens is 245 g/mol. The summed E-state index contributed by atoms with van der Waals surface area (Å²) in [5.41, 5.74) is 2.08. The van der Waals surface area contributed by atoms with Crippen LogP contribution in [0.5, 0.6) is 5.75 Å². The molecule has 96 valence electrons. The molecule has 18 heavy (non-hydrogen) atoms. The maximum atomic E-state index is 12.2. The minimum atomic E-state index is -4.68. The molecule has 2 rings (SSSR count). The lowest BCUT2D eigenvalue weighted by Crippen LogP contribution is -2.17. The molecule has 1 heterocycles. The van der Waals surface area contributed by atoms with Crippen LogP contribution in [0.15, 0.2) is 30.6 Å². The highest BCUT2D eigenvalue weighted by atomic mass is 19.4. The second-order valence-electron chi connectivity index (χ2n) is 3.99. The number of hydrogen-bond donors (Lipinski definition) is 0. The van der Waals surface area contributed by atoms with E-state index in [0.717, 1.165) is 5.56 Å². The van der Waals surface area contributed by atoms with Crippen LogP contribution in [0.1, 0.15) is 5.56 Å². The third kappa shape index (κ3) is 3.03. The van der Waals surface area contributed by atoms with Crippen LogP contribution in [0.2, 0.25) is 0 Å². The van der Waals surface area contributed by atoms with E-state index in [4.69, 9.17) is 0 Å². The molecule has 0 amide bonds. The highest BCUT2D eigenvalue weighted by Gasteiger charge is 2.31. The Bertz CT molecular complexity index is 561. The van der Waals surface area contributed by atoms with Crippen LogP contribution in [-0.4, -0.2) is 16.1 Å². The van der Waals surface area contributed by atoms with Gasteiger partial charge in [0.25, 0.3) is 0 Å². The van der Waals surface area contributed by atoms with Gasteiger partial charge in [0.2, 0.25) is 0 Å². The quantitative estimate of drug-likeness (QED) is 0.824. The normalized spacial score (nSPS) is 11.6. The molecule has 0 aliphatic carbocycles. The van der Waals surface area contributed by atoms with E-state index < -0.39 is 6.36 Å². The van der Waals surface area contributed by atoms with Crippen LogP contribution in [0.4, 0.5) is 13.2 Å². The van der Waals surface area contributed by atoms with Gasteiger partial charge < -0.3 is 4.74 Å². The van der Waals surface area contributed by atoms with Crippen molar-refractivity contribution in [2.45, 2.75) is 13.3 Å². The van der Waals surface area contributed by atoms with Crippen molar-refractivity contribution in [3.05, 3.63) is 36.2 Å². The Morgan fingerprint density at radius 1 is 1.17 bits per heavy atom. The number of rotatable bonds is 2. The SMILES string of the molecule is Cc1cc(OC(F)(F)F)cc(-c2cnn(C)c2)c1. The molecule has 3 nitrogen and oxygen atoms in total. The molecule has 0 saturated carbocycles. The minimum absolute atomic E-state index is 0.221. The standard InChI is InChI=1S/C12H11F3N2O/c1-8-3-9(10-6-16-17(2)7-10)5-11(4-8)18-12(13,14)15/h3-7H,1-2H3. The largest absolute Gasteiger partial charge is 0.573 e. The molecule has 0 saturated heterocycles. The Balaban J connectivity index is 2.38. The lowest BCUT2D eigenvalue weighted by molar-refractivity contribution is -0.274.